The van der Waals surface area contributed by atoms with Crippen molar-refractivity contribution in [3.8, 4) is 0 Å². The average Bonchev–Trinajstić information content (AvgIpc) is 2.75. The Bertz CT molecular complexity index is 757. The number of amides is 2. The summed E-state index contributed by atoms with van der Waals surface area (Å²) in [6, 6.07) is 14.6. The first kappa shape index (κ1) is 21.1. The zero-order valence-corrected chi connectivity index (χ0v) is 15.5. The van der Waals surface area contributed by atoms with E-state index in [1.54, 1.807) is 12.2 Å². The molecule has 0 saturated carbocycles. The van der Waals surface area contributed by atoms with E-state index in [4.69, 9.17) is 0 Å². The van der Waals surface area contributed by atoms with E-state index in [9.17, 15) is 19.8 Å². The highest BCUT2D eigenvalue weighted by atomic mass is 16.3. The van der Waals surface area contributed by atoms with Gasteiger partial charge in [0.1, 0.15) is 0 Å². The molecule has 0 spiro atoms. The van der Waals surface area contributed by atoms with Crippen molar-refractivity contribution < 1.29 is 19.8 Å². The molecule has 0 aliphatic heterocycles. The highest BCUT2D eigenvalue weighted by Crippen LogP contribution is 2.07. The van der Waals surface area contributed by atoms with Crippen molar-refractivity contribution in [1.29, 1.82) is 0 Å². The molecular weight excluding hydrogens is 356 g/mol. The highest BCUT2D eigenvalue weighted by Gasteiger charge is 2.29. The first-order chi connectivity index (χ1) is 13.4. The molecule has 28 heavy (non-hydrogen) atoms. The fourth-order valence-corrected chi connectivity index (χ4v) is 2.42. The van der Waals surface area contributed by atoms with Crippen LogP contribution in [0.2, 0.25) is 0 Å². The summed E-state index contributed by atoms with van der Waals surface area (Å²) in [6.07, 6.45) is -0.324. The zero-order valence-electron chi connectivity index (χ0n) is 15.5. The lowest BCUT2D eigenvalue weighted by Gasteiger charge is -2.17. The Balaban J connectivity index is 1.82. The lowest BCUT2D eigenvalue weighted by Crippen LogP contribution is -2.49. The predicted molar refractivity (Wildman–Crippen MR) is 109 cm³/mol. The second-order valence-corrected chi connectivity index (χ2v) is 6.22. The van der Waals surface area contributed by atoms with Crippen LogP contribution < -0.4 is 10.6 Å². The number of benzene rings is 2. The van der Waals surface area contributed by atoms with Gasteiger partial charge in [0, 0.05) is 13.1 Å². The summed E-state index contributed by atoms with van der Waals surface area (Å²) in [4.78, 5) is 24.0. The molecule has 2 aromatic carbocycles. The minimum atomic E-state index is -1.87. The fourth-order valence-electron chi connectivity index (χ4n) is 2.42. The van der Waals surface area contributed by atoms with Gasteiger partial charge in [-0.05, 0) is 22.3 Å². The van der Waals surface area contributed by atoms with Gasteiger partial charge in [0.15, 0.2) is 12.2 Å². The summed E-state index contributed by atoms with van der Waals surface area (Å²) < 4.78 is 0. The van der Waals surface area contributed by atoms with Gasteiger partial charge in [-0.3, -0.25) is 9.59 Å². The van der Waals surface area contributed by atoms with E-state index in [0.717, 1.165) is 22.3 Å². The Hall–Kier alpha value is -3.22. The minimum absolute atomic E-state index is 0.164. The zero-order chi connectivity index (χ0) is 20.5. The maximum Gasteiger partial charge on any atom is 0.252 e. The molecule has 6 nitrogen and oxygen atoms in total. The van der Waals surface area contributed by atoms with E-state index < -0.39 is 24.0 Å². The molecule has 146 valence electrons. The molecule has 0 saturated heterocycles. The van der Waals surface area contributed by atoms with E-state index in [1.165, 1.54) is 0 Å². The standard InChI is InChI=1S/C22H24N2O4/c1-3-15-5-9-17(10-6-15)13-23-21(27)19(25)20(26)22(28)24-14-18-11-7-16(4-2)8-12-18/h3-12,19-20,25-26H,1-2,13-14H2,(H,23,27)(H,24,28)/t19-,20-/m1/s1. The first-order valence-electron chi connectivity index (χ1n) is 8.79. The van der Waals surface area contributed by atoms with Gasteiger partial charge in [0.2, 0.25) is 0 Å². The second kappa shape index (κ2) is 10.2. The minimum Gasteiger partial charge on any atom is -0.380 e. The third kappa shape index (κ3) is 5.90. The number of aliphatic hydroxyl groups is 2. The van der Waals surface area contributed by atoms with Gasteiger partial charge in [-0.2, -0.15) is 0 Å². The van der Waals surface area contributed by atoms with Crippen molar-refractivity contribution in [2.24, 2.45) is 0 Å². The second-order valence-electron chi connectivity index (χ2n) is 6.22. The molecular formula is C22H24N2O4. The van der Waals surface area contributed by atoms with Gasteiger partial charge < -0.3 is 20.8 Å². The number of rotatable bonds is 9. The molecule has 0 radical (unpaired) electrons. The van der Waals surface area contributed by atoms with Crippen LogP contribution in [0.4, 0.5) is 0 Å². The van der Waals surface area contributed by atoms with Crippen LogP contribution in [0.3, 0.4) is 0 Å². The summed E-state index contributed by atoms with van der Waals surface area (Å²) in [7, 11) is 0. The van der Waals surface area contributed by atoms with Crippen molar-refractivity contribution in [3.63, 3.8) is 0 Å². The van der Waals surface area contributed by atoms with Crippen molar-refractivity contribution in [1.82, 2.24) is 10.6 Å². The molecule has 0 bridgehead atoms. The SMILES string of the molecule is C=Cc1ccc(CNC(=O)[C@H](O)[C@@H](O)C(=O)NCc2ccc(C=C)cc2)cc1. The molecule has 0 aliphatic carbocycles. The molecule has 0 aromatic heterocycles. The van der Waals surface area contributed by atoms with Crippen LogP contribution in [0.5, 0.6) is 0 Å². The lowest BCUT2D eigenvalue weighted by molar-refractivity contribution is -0.146. The third-order valence-electron chi connectivity index (χ3n) is 4.20. The topological polar surface area (TPSA) is 98.7 Å². The van der Waals surface area contributed by atoms with Crippen LogP contribution >= 0.6 is 0 Å². The van der Waals surface area contributed by atoms with Crippen molar-refractivity contribution in [2.45, 2.75) is 25.3 Å². The van der Waals surface area contributed by atoms with E-state index in [0.29, 0.717) is 0 Å². The summed E-state index contributed by atoms with van der Waals surface area (Å²) in [6.45, 7) is 7.66. The fraction of sp³-hybridized carbons (Fsp3) is 0.182. The molecule has 0 unspecified atom stereocenters. The molecule has 0 fully saturated rings. The normalized spacial score (nSPS) is 12.5. The van der Waals surface area contributed by atoms with Gasteiger partial charge in [-0.25, -0.2) is 0 Å². The maximum absolute atomic E-state index is 12.0. The average molecular weight is 380 g/mol. The number of carbonyl (C=O) groups excluding carboxylic acids is 2. The quantitative estimate of drug-likeness (QED) is 0.531. The van der Waals surface area contributed by atoms with Gasteiger partial charge in [0.05, 0.1) is 0 Å². The number of nitrogens with one attached hydrogen (secondary N) is 2. The predicted octanol–water partition coefficient (Wildman–Crippen LogP) is 1.63. The summed E-state index contributed by atoms with van der Waals surface area (Å²) >= 11 is 0. The molecule has 6 heteroatoms. The van der Waals surface area contributed by atoms with Crippen LogP contribution in [-0.2, 0) is 22.7 Å². The van der Waals surface area contributed by atoms with Crippen LogP contribution in [-0.4, -0.2) is 34.2 Å². The Morgan fingerprint density at radius 1 is 0.750 bits per heavy atom. The van der Waals surface area contributed by atoms with E-state index >= 15 is 0 Å². The molecule has 0 aliphatic rings. The molecule has 2 atom stereocenters. The largest absolute Gasteiger partial charge is 0.380 e. The molecule has 2 amide bonds. The molecule has 2 aromatic rings. The Morgan fingerprint density at radius 3 is 1.36 bits per heavy atom. The smallest absolute Gasteiger partial charge is 0.252 e. The third-order valence-corrected chi connectivity index (χ3v) is 4.20. The lowest BCUT2D eigenvalue weighted by atomic mass is 10.1. The van der Waals surface area contributed by atoms with Gasteiger partial charge >= 0.3 is 0 Å². The van der Waals surface area contributed by atoms with Crippen LogP contribution in [0, 0.1) is 0 Å². The van der Waals surface area contributed by atoms with Crippen LogP contribution in [0.1, 0.15) is 22.3 Å². The number of aliphatic hydroxyl groups excluding tert-OH is 2. The Morgan fingerprint density at radius 2 is 1.07 bits per heavy atom. The van der Waals surface area contributed by atoms with Crippen molar-refractivity contribution in [3.05, 3.63) is 83.9 Å². The summed E-state index contributed by atoms with van der Waals surface area (Å²) in [5.41, 5.74) is 3.52. The summed E-state index contributed by atoms with van der Waals surface area (Å²) in [5, 5.41) is 24.9. The van der Waals surface area contributed by atoms with Gasteiger partial charge in [-0.1, -0.05) is 73.8 Å². The van der Waals surface area contributed by atoms with Crippen LogP contribution in [0.15, 0.2) is 61.7 Å². The van der Waals surface area contributed by atoms with Gasteiger partial charge in [-0.15, -0.1) is 0 Å². The van der Waals surface area contributed by atoms with Crippen LogP contribution in [0.25, 0.3) is 12.2 Å². The molecule has 2 rings (SSSR count). The Labute approximate surface area is 164 Å². The first-order valence-corrected chi connectivity index (χ1v) is 8.79. The van der Waals surface area contributed by atoms with E-state index in [1.807, 2.05) is 48.5 Å². The maximum atomic E-state index is 12.0. The van der Waals surface area contributed by atoms with Crippen molar-refractivity contribution >= 4 is 24.0 Å². The summed E-state index contributed by atoms with van der Waals surface area (Å²) in [5.74, 6) is -1.66. The number of carbonyl (C=O) groups is 2. The number of hydrogen-bond donors (Lipinski definition) is 4. The van der Waals surface area contributed by atoms with E-state index in [-0.39, 0.29) is 13.1 Å². The molecule has 4 N–H and O–H groups in total. The molecule has 0 heterocycles. The highest BCUT2D eigenvalue weighted by molar-refractivity contribution is 5.90. The van der Waals surface area contributed by atoms with E-state index in [2.05, 4.69) is 23.8 Å². The van der Waals surface area contributed by atoms with Crippen molar-refractivity contribution in [2.75, 3.05) is 0 Å². The van der Waals surface area contributed by atoms with Gasteiger partial charge in [0.25, 0.3) is 11.8 Å². The number of hydrogen-bond acceptors (Lipinski definition) is 4. The monoisotopic (exact) mass is 380 g/mol. The Kier molecular flexibility index (Phi) is 7.68.